The quantitative estimate of drug-likeness (QED) is 0.853. The Kier molecular flexibility index (Phi) is 6.44. The molecular formula is C20H23ClF2N2O2. The van der Waals surface area contributed by atoms with Crippen molar-refractivity contribution in [3.8, 4) is 16.9 Å². The summed E-state index contributed by atoms with van der Waals surface area (Å²) in [4.78, 5) is 14.2. The summed E-state index contributed by atoms with van der Waals surface area (Å²) >= 11 is 0. The van der Waals surface area contributed by atoms with Crippen LogP contribution in [0.4, 0.5) is 8.78 Å². The van der Waals surface area contributed by atoms with Crippen LogP contribution in [0.25, 0.3) is 11.1 Å². The van der Waals surface area contributed by atoms with Crippen molar-refractivity contribution in [3.63, 3.8) is 0 Å². The van der Waals surface area contributed by atoms with Crippen molar-refractivity contribution < 1.29 is 18.3 Å². The minimum atomic E-state index is -0.663. The van der Waals surface area contributed by atoms with Crippen LogP contribution in [0.3, 0.4) is 0 Å². The van der Waals surface area contributed by atoms with Crippen LogP contribution in [0.15, 0.2) is 36.4 Å². The molecule has 0 spiro atoms. The zero-order chi connectivity index (χ0) is 18.9. The Morgan fingerprint density at radius 2 is 1.96 bits per heavy atom. The predicted molar refractivity (Wildman–Crippen MR) is 103 cm³/mol. The van der Waals surface area contributed by atoms with Crippen LogP contribution in [0.2, 0.25) is 0 Å². The van der Waals surface area contributed by atoms with E-state index in [1.165, 1.54) is 31.4 Å². The number of carbonyl (C=O) groups is 1. The molecule has 0 bridgehead atoms. The Bertz CT molecular complexity index is 847. The molecule has 0 saturated carbocycles. The maximum Gasteiger partial charge on any atom is 0.256 e. The lowest BCUT2D eigenvalue weighted by molar-refractivity contribution is 0.0772. The smallest absolute Gasteiger partial charge is 0.256 e. The van der Waals surface area contributed by atoms with Gasteiger partial charge in [-0.15, -0.1) is 12.4 Å². The van der Waals surface area contributed by atoms with Gasteiger partial charge in [-0.05, 0) is 48.2 Å². The molecule has 2 aromatic rings. The summed E-state index contributed by atoms with van der Waals surface area (Å²) in [5.74, 6) is -1.15. The van der Waals surface area contributed by atoms with Gasteiger partial charge in [0.05, 0.1) is 12.7 Å². The first-order chi connectivity index (χ1) is 12.4. The third-order valence-corrected chi connectivity index (χ3v) is 5.02. The number of methoxy groups -OCH3 is 1. The standard InChI is InChI=1S/C20H22F2N2O2.ClH/c1-20(11-23)7-8-24(12-20)19(25)16-5-3-13(9-17(16)21)15-6-4-14(26-2)10-18(15)22;/h3-6,9-10H,7-8,11-12,23H2,1-2H3;1H. The van der Waals surface area contributed by atoms with Gasteiger partial charge >= 0.3 is 0 Å². The van der Waals surface area contributed by atoms with E-state index in [4.69, 9.17) is 10.5 Å². The van der Waals surface area contributed by atoms with E-state index in [0.717, 1.165) is 6.42 Å². The van der Waals surface area contributed by atoms with E-state index in [0.29, 0.717) is 30.9 Å². The third kappa shape index (κ3) is 4.22. The van der Waals surface area contributed by atoms with Gasteiger partial charge in [-0.2, -0.15) is 0 Å². The second-order valence-electron chi connectivity index (χ2n) is 7.03. The second-order valence-corrected chi connectivity index (χ2v) is 7.03. The van der Waals surface area contributed by atoms with E-state index >= 15 is 0 Å². The Morgan fingerprint density at radius 1 is 1.22 bits per heavy atom. The molecule has 1 heterocycles. The van der Waals surface area contributed by atoms with Crippen molar-refractivity contribution in [2.45, 2.75) is 13.3 Å². The minimum absolute atomic E-state index is 0. The molecule has 0 aliphatic carbocycles. The molecular weight excluding hydrogens is 374 g/mol. The van der Waals surface area contributed by atoms with E-state index in [-0.39, 0.29) is 34.9 Å². The number of nitrogens with zero attached hydrogens (tertiary/aromatic N) is 1. The van der Waals surface area contributed by atoms with Crippen LogP contribution in [0, 0.1) is 17.0 Å². The number of ether oxygens (including phenoxy) is 1. The number of rotatable bonds is 4. The summed E-state index contributed by atoms with van der Waals surface area (Å²) in [6.07, 6.45) is 0.798. The molecule has 0 radical (unpaired) electrons. The minimum Gasteiger partial charge on any atom is -0.497 e. The SMILES string of the molecule is COc1ccc(-c2ccc(C(=O)N3CCC(C)(CN)C3)c(F)c2)c(F)c1.Cl. The van der Waals surface area contributed by atoms with Crippen LogP contribution in [0.1, 0.15) is 23.7 Å². The highest BCUT2D eigenvalue weighted by Crippen LogP contribution is 2.31. The van der Waals surface area contributed by atoms with E-state index in [1.807, 2.05) is 6.92 Å². The lowest BCUT2D eigenvalue weighted by atomic mass is 9.90. The van der Waals surface area contributed by atoms with Gasteiger partial charge in [0.2, 0.25) is 0 Å². The van der Waals surface area contributed by atoms with Gasteiger partial charge < -0.3 is 15.4 Å². The fourth-order valence-electron chi connectivity index (χ4n) is 3.25. The number of carbonyl (C=O) groups excluding carboxylic acids is 1. The van der Waals surface area contributed by atoms with Gasteiger partial charge in [-0.25, -0.2) is 8.78 Å². The molecule has 0 aromatic heterocycles. The number of benzene rings is 2. The van der Waals surface area contributed by atoms with Crippen molar-refractivity contribution in [2.75, 3.05) is 26.7 Å². The molecule has 1 saturated heterocycles. The molecule has 2 aromatic carbocycles. The summed E-state index contributed by atoms with van der Waals surface area (Å²) in [7, 11) is 1.45. The number of hydrogen-bond acceptors (Lipinski definition) is 3. The molecule has 27 heavy (non-hydrogen) atoms. The maximum absolute atomic E-state index is 14.6. The van der Waals surface area contributed by atoms with E-state index < -0.39 is 11.6 Å². The normalized spacial score (nSPS) is 18.9. The fourth-order valence-corrected chi connectivity index (χ4v) is 3.25. The van der Waals surface area contributed by atoms with Crippen LogP contribution in [-0.2, 0) is 0 Å². The van der Waals surface area contributed by atoms with Crippen LogP contribution >= 0.6 is 12.4 Å². The maximum atomic E-state index is 14.6. The zero-order valence-corrected chi connectivity index (χ0v) is 16.1. The van der Waals surface area contributed by atoms with Gasteiger partial charge in [-0.1, -0.05) is 13.0 Å². The van der Waals surface area contributed by atoms with Crippen molar-refractivity contribution in [3.05, 3.63) is 53.6 Å². The average molecular weight is 397 g/mol. The summed E-state index contributed by atoms with van der Waals surface area (Å²) in [6, 6.07) is 8.53. The molecule has 4 nitrogen and oxygen atoms in total. The van der Waals surface area contributed by atoms with Crippen molar-refractivity contribution in [2.24, 2.45) is 11.1 Å². The van der Waals surface area contributed by atoms with Gasteiger partial charge in [0, 0.05) is 24.7 Å². The number of hydrogen-bond donors (Lipinski definition) is 1. The monoisotopic (exact) mass is 396 g/mol. The summed E-state index contributed by atoms with van der Waals surface area (Å²) in [5.41, 5.74) is 6.24. The summed E-state index contributed by atoms with van der Waals surface area (Å²) in [5, 5.41) is 0. The summed E-state index contributed by atoms with van der Waals surface area (Å²) < 4.78 is 33.7. The second kappa shape index (κ2) is 8.23. The molecule has 1 fully saturated rings. The van der Waals surface area contributed by atoms with E-state index in [2.05, 4.69) is 0 Å². The highest BCUT2D eigenvalue weighted by molar-refractivity contribution is 5.95. The predicted octanol–water partition coefficient (Wildman–Crippen LogP) is 3.87. The lowest BCUT2D eigenvalue weighted by Gasteiger charge is -2.22. The molecule has 2 N–H and O–H groups in total. The van der Waals surface area contributed by atoms with Crippen molar-refractivity contribution >= 4 is 18.3 Å². The van der Waals surface area contributed by atoms with Gasteiger partial charge in [0.25, 0.3) is 5.91 Å². The van der Waals surface area contributed by atoms with Crippen LogP contribution in [-0.4, -0.2) is 37.6 Å². The van der Waals surface area contributed by atoms with Crippen LogP contribution < -0.4 is 10.5 Å². The van der Waals surface area contributed by atoms with Crippen molar-refractivity contribution in [1.29, 1.82) is 0 Å². The summed E-state index contributed by atoms with van der Waals surface area (Å²) in [6.45, 7) is 3.57. The van der Waals surface area contributed by atoms with Gasteiger partial charge in [-0.3, -0.25) is 4.79 Å². The Labute approximate surface area is 163 Å². The zero-order valence-electron chi connectivity index (χ0n) is 15.3. The fraction of sp³-hybridized carbons (Fsp3) is 0.350. The molecule has 1 atom stereocenters. The molecule has 146 valence electrons. The Balaban J connectivity index is 0.00000261. The average Bonchev–Trinajstić information content (AvgIpc) is 3.04. The topological polar surface area (TPSA) is 55.6 Å². The number of halogens is 3. The number of amides is 1. The van der Waals surface area contributed by atoms with E-state index in [9.17, 15) is 13.6 Å². The first-order valence-electron chi connectivity index (χ1n) is 8.50. The molecule has 1 unspecified atom stereocenters. The van der Waals surface area contributed by atoms with Gasteiger partial charge in [0.1, 0.15) is 17.4 Å². The van der Waals surface area contributed by atoms with E-state index in [1.54, 1.807) is 17.0 Å². The third-order valence-electron chi connectivity index (χ3n) is 5.02. The molecule has 1 aliphatic rings. The highest BCUT2D eigenvalue weighted by atomic mass is 35.5. The first kappa shape index (κ1) is 21.1. The van der Waals surface area contributed by atoms with Gasteiger partial charge in [0.15, 0.2) is 0 Å². The largest absolute Gasteiger partial charge is 0.497 e. The first-order valence-corrected chi connectivity index (χ1v) is 8.50. The number of nitrogens with two attached hydrogens (primary N) is 1. The Morgan fingerprint density at radius 3 is 2.52 bits per heavy atom. The van der Waals surface area contributed by atoms with Crippen molar-refractivity contribution in [1.82, 2.24) is 4.90 Å². The number of likely N-dealkylation sites (tertiary alicyclic amines) is 1. The molecule has 1 amide bonds. The van der Waals surface area contributed by atoms with Crippen LogP contribution in [0.5, 0.6) is 5.75 Å². The highest BCUT2D eigenvalue weighted by Gasteiger charge is 2.35. The lowest BCUT2D eigenvalue weighted by Crippen LogP contribution is -2.34. The Hall–Kier alpha value is -2.18. The molecule has 7 heteroatoms. The molecule has 3 rings (SSSR count). The molecule has 1 aliphatic heterocycles.